The maximum Gasteiger partial charge on any atom is 0.331 e. The van der Waals surface area contributed by atoms with E-state index in [0.29, 0.717) is 26.1 Å². The first-order chi connectivity index (χ1) is 17.0. The van der Waals surface area contributed by atoms with Crippen LogP contribution in [0.4, 0.5) is 0 Å². The Balaban J connectivity index is 1.56. The van der Waals surface area contributed by atoms with Gasteiger partial charge in [0.05, 0.1) is 18.8 Å². The molecule has 0 saturated heterocycles. The molecule has 8 nitrogen and oxygen atoms in total. The summed E-state index contributed by atoms with van der Waals surface area (Å²) in [5.41, 5.74) is 3.53. The van der Waals surface area contributed by atoms with Gasteiger partial charge in [0, 0.05) is 36.4 Å². The van der Waals surface area contributed by atoms with Crippen LogP contribution in [0.25, 0.3) is 17.3 Å². The molecule has 0 unspecified atom stereocenters. The minimum atomic E-state index is -0.638. The van der Waals surface area contributed by atoms with Crippen LogP contribution in [0.1, 0.15) is 30.9 Å². The molecule has 3 rings (SSSR count). The van der Waals surface area contributed by atoms with Gasteiger partial charge in [-0.2, -0.15) is 5.10 Å². The van der Waals surface area contributed by atoms with E-state index < -0.39 is 18.5 Å². The summed E-state index contributed by atoms with van der Waals surface area (Å²) in [4.78, 5) is 35.3. The average molecular weight is 476 g/mol. The van der Waals surface area contributed by atoms with E-state index in [-0.39, 0.29) is 12.4 Å². The lowest BCUT2D eigenvalue weighted by Crippen LogP contribution is -2.29. The Morgan fingerprint density at radius 2 is 1.71 bits per heavy atom. The largest absolute Gasteiger partial charge is 0.466 e. The SMILES string of the molecule is CCOC(=O)CCCNC(=O)COC(=O)/C=C/c1cn(Cc2ccccc2)nc1-c1ccccc1. The molecule has 0 atom stereocenters. The number of esters is 2. The molecule has 0 aliphatic carbocycles. The van der Waals surface area contributed by atoms with Gasteiger partial charge in [-0.15, -0.1) is 0 Å². The van der Waals surface area contributed by atoms with Gasteiger partial charge in [-0.25, -0.2) is 4.79 Å². The van der Waals surface area contributed by atoms with Crippen LogP contribution in [0.3, 0.4) is 0 Å². The summed E-state index contributed by atoms with van der Waals surface area (Å²) in [6.45, 7) is 2.56. The monoisotopic (exact) mass is 475 g/mol. The molecule has 0 radical (unpaired) electrons. The highest BCUT2D eigenvalue weighted by atomic mass is 16.5. The number of amides is 1. The van der Waals surface area contributed by atoms with Gasteiger partial charge in [0.1, 0.15) is 0 Å². The molecule has 0 spiro atoms. The van der Waals surface area contributed by atoms with Gasteiger partial charge >= 0.3 is 11.9 Å². The normalized spacial score (nSPS) is 10.8. The third kappa shape index (κ3) is 8.58. The summed E-state index contributed by atoms with van der Waals surface area (Å²) >= 11 is 0. The molecule has 0 aliphatic rings. The van der Waals surface area contributed by atoms with Gasteiger partial charge in [0.25, 0.3) is 5.91 Å². The Hall–Kier alpha value is -4.20. The van der Waals surface area contributed by atoms with E-state index in [1.165, 1.54) is 6.08 Å². The van der Waals surface area contributed by atoms with Crippen molar-refractivity contribution in [2.45, 2.75) is 26.3 Å². The predicted molar refractivity (Wildman–Crippen MR) is 132 cm³/mol. The maximum atomic E-state index is 12.2. The number of ether oxygens (including phenoxy) is 2. The van der Waals surface area contributed by atoms with Crippen LogP contribution < -0.4 is 5.32 Å². The zero-order chi connectivity index (χ0) is 24.9. The summed E-state index contributed by atoms with van der Waals surface area (Å²) in [6, 6.07) is 19.7. The lowest BCUT2D eigenvalue weighted by Gasteiger charge is -2.05. The highest BCUT2D eigenvalue weighted by Crippen LogP contribution is 2.23. The standard InChI is InChI=1S/C27H29N3O5/c1-2-34-25(32)14-9-17-28-24(31)20-35-26(33)16-15-23-19-30(18-21-10-5-3-6-11-21)29-27(23)22-12-7-4-8-13-22/h3-8,10-13,15-16,19H,2,9,14,17-18,20H2,1H3,(H,28,31)/b16-15+. The van der Waals surface area contributed by atoms with Crippen molar-refractivity contribution >= 4 is 23.9 Å². The molecule has 3 aromatic rings. The summed E-state index contributed by atoms with van der Waals surface area (Å²) in [5.74, 6) is -1.38. The van der Waals surface area contributed by atoms with Gasteiger partial charge < -0.3 is 14.8 Å². The molecule has 0 bridgehead atoms. The summed E-state index contributed by atoms with van der Waals surface area (Å²) < 4.78 is 11.7. The number of rotatable bonds is 12. The number of carbonyl (C=O) groups is 3. The van der Waals surface area contributed by atoms with Crippen LogP contribution in [-0.2, 0) is 30.4 Å². The number of nitrogens with zero attached hydrogens (tertiary/aromatic N) is 2. The topological polar surface area (TPSA) is 99.5 Å². The van der Waals surface area contributed by atoms with E-state index in [4.69, 9.17) is 14.6 Å². The first-order valence-electron chi connectivity index (χ1n) is 11.5. The zero-order valence-corrected chi connectivity index (χ0v) is 19.7. The molecule has 1 heterocycles. The van der Waals surface area contributed by atoms with Crippen LogP contribution in [-0.4, -0.2) is 47.4 Å². The average Bonchev–Trinajstić information content (AvgIpc) is 3.28. The van der Waals surface area contributed by atoms with Crippen LogP contribution in [0, 0.1) is 0 Å². The second-order valence-electron chi connectivity index (χ2n) is 7.68. The lowest BCUT2D eigenvalue weighted by molar-refractivity contribution is -0.143. The van der Waals surface area contributed by atoms with Crippen molar-refractivity contribution in [3.63, 3.8) is 0 Å². The number of hydrogen-bond donors (Lipinski definition) is 1. The predicted octanol–water partition coefficient (Wildman–Crippen LogP) is 3.61. The zero-order valence-electron chi connectivity index (χ0n) is 19.7. The maximum absolute atomic E-state index is 12.2. The summed E-state index contributed by atoms with van der Waals surface area (Å²) in [5, 5.41) is 7.31. The number of benzene rings is 2. The first kappa shape index (κ1) is 25.4. The Labute approximate surface area is 204 Å². The molecule has 0 saturated carbocycles. The van der Waals surface area contributed by atoms with Gasteiger partial charge in [-0.05, 0) is 25.0 Å². The van der Waals surface area contributed by atoms with Crippen molar-refractivity contribution in [1.29, 1.82) is 0 Å². The Morgan fingerprint density at radius 3 is 2.43 bits per heavy atom. The Bertz CT molecular complexity index is 1140. The highest BCUT2D eigenvalue weighted by molar-refractivity contribution is 5.90. The van der Waals surface area contributed by atoms with Crippen molar-refractivity contribution in [2.24, 2.45) is 0 Å². The summed E-state index contributed by atoms with van der Waals surface area (Å²) in [7, 11) is 0. The Morgan fingerprint density at radius 1 is 1.00 bits per heavy atom. The molecule has 1 amide bonds. The third-order valence-corrected chi connectivity index (χ3v) is 4.95. The molecule has 0 aliphatic heterocycles. The van der Waals surface area contributed by atoms with Gasteiger partial charge in [-0.3, -0.25) is 14.3 Å². The van der Waals surface area contributed by atoms with E-state index in [1.807, 2.05) is 71.5 Å². The fraction of sp³-hybridized carbons (Fsp3) is 0.259. The van der Waals surface area contributed by atoms with E-state index in [2.05, 4.69) is 5.32 Å². The summed E-state index contributed by atoms with van der Waals surface area (Å²) in [6.07, 6.45) is 5.46. The van der Waals surface area contributed by atoms with Crippen LogP contribution in [0.2, 0.25) is 0 Å². The van der Waals surface area contributed by atoms with Crippen molar-refractivity contribution in [3.8, 4) is 11.3 Å². The number of hydrogen-bond acceptors (Lipinski definition) is 6. The van der Waals surface area contributed by atoms with Crippen LogP contribution >= 0.6 is 0 Å². The molecule has 0 fully saturated rings. The van der Waals surface area contributed by atoms with Crippen LogP contribution in [0.5, 0.6) is 0 Å². The van der Waals surface area contributed by atoms with Gasteiger partial charge in [-0.1, -0.05) is 60.7 Å². The molecular weight excluding hydrogens is 446 g/mol. The van der Waals surface area contributed by atoms with E-state index >= 15 is 0 Å². The third-order valence-electron chi connectivity index (χ3n) is 4.95. The number of carbonyl (C=O) groups excluding carboxylic acids is 3. The lowest BCUT2D eigenvalue weighted by atomic mass is 10.1. The minimum Gasteiger partial charge on any atom is -0.466 e. The van der Waals surface area contributed by atoms with E-state index in [1.54, 1.807) is 13.0 Å². The van der Waals surface area contributed by atoms with E-state index in [0.717, 1.165) is 22.4 Å². The smallest absolute Gasteiger partial charge is 0.331 e. The van der Waals surface area contributed by atoms with Gasteiger partial charge in [0.2, 0.25) is 0 Å². The molecule has 2 aromatic carbocycles. The van der Waals surface area contributed by atoms with Gasteiger partial charge in [0.15, 0.2) is 6.61 Å². The number of nitrogens with one attached hydrogen (secondary N) is 1. The molecule has 1 aromatic heterocycles. The van der Waals surface area contributed by atoms with Crippen LogP contribution in [0.15, 0.2) is 72.9 Å². The quantitative estimate of drug-likeness (QED) is 0.244. The molecule has 35 heavy (non-hydrogen) atoms. The minimum absolute atomic E-state index is 0.221. The molecule has 182 valence electrons. The number of aromatic nitrogens is 2. The fourth-order valence-electron chi connectivity index (χ4n) is 3.32. The molecule has 1 N–H and O–H groups in total. The van der Waals surface area contributed by atoms with Crippen molar-refractivity contribution < 1.29 is 23.9 Å². The van der Waals surface area contributed by atoms with Crippen molar-refractivity contribution in [1.82, 2.24) is 15.1 Å². The molecular formula is C27H29N3O5. The van der Waals surface area contributed by atoms with E-state index in [9.17, 15) is 14.4 Å². The van der Waals surface area contributed by atoms with Crippen molar-refractivity contribution in [2.75, 3.05) is 19.8 Å². The first-order valence-corrected chi connectivity index (χ1v) is 11.5. The Kier molecular flexibility index (Phi) is 9.80. The highest BCUT2D eigenvalue weighted by Gasteiger charge is 2.11. The second-order valence-corrected chi connectivity index (χ2v) is 7.68. The second kappa shape index (κ2) is 13.5. The fourth-order valence-corrected chi connectivity index (χ4v) is 3.32. The molecule has 8 heteroatoms. The van der Waals surface area contributed by atoms with Crippen molar-refractivity contribution in [3.05, 3.63) is 84.1 Å².